The number of aromatic nitrogens is 3. The first kappa shape index (κ1) is 20.2. The molecule has 1 N–H and O–H groups in total. The summed E-state index contributed by atoms with van der Waals surface area (Å²) in [5.74, 6) is 0.664. The van der Waals surface area contributed by atoms with Gasteiger partial charge < -0.3 is 9.73 Å². The van der Waals surface area contributed by atoms with E-state index in [0.29, 0.717) is 34.6 Å². The van der Waals surface area contributed by atoms with Crippen LogP contribution in [0.25, 0.3) is 17.3 Å². The van der Waals surface area contributed by atoms with E-state index in [9.17, 15) is 4.79 Å². The number of furan rings is 1. The van der Waals surface area contributed by atoms with Gasteiger partial charge in [-0.05, 0) is 60.9 Å². The lowest BCUT2D eigenvalue weighted by Crippen LogP contribution is -2.27. The van der Waals surface area contributed by atoms with Gasteiger partial charge in [0, 0.05) is 16.6 Å². The largest absolute Gasteiger partial charge is 0.461 e. The average molecular weight is 441 g/mol. The molecule has 2 aromatic heterocycles. The maximum Gasteiger partial charge on any atom is 0.291 e. The summed E-state index contributed by atoms with van der Waals surface area (Å²) in [6, 6.07) is 16.6. The monoisotopic (exact) mass is 440 g/mol. The van der Waals surface area contributed by atoms with Gasteiger partial charge in [0.2, 0.25) is 5.82 Å². The first-order chi connectivity index (χ1) is 14.5. The summed E-state index contributed by atoms with van der Waals surface area (Å²) in [6.07, 6.45) is 2.12. The highest BCUT2D eigenvalue weighted by Gasteiger charge is 2.20. The highest BCUT2D eigenvalue weighted by molar-refractivity contribution is 6.35. The van der Waals surface area contributed by atoms with Gasteiger partial charge in [0.1, 0.15) is 0 Å². The summed E-state index contributed by atoms with van der Waals surface area (Å²) in [7, 11) is 0. The van der Waals surface area contributed by atoms with Crippen molar-refractivity contribution < 1.29 is 9.21 Å². The Labute approximate surface area is 183 Å². The third-order valence-electron chi connectivity index (χ3n) is 4.49. The Bertz CT molecular complexity index is 1190. The lowest BCUT2D eigenvalue weighted by Gasteiger charge is -2.06. The topological polar surface area (TPSA) is 73.0 Å². The van der Waals surface area contributed by atoms with Crippen molar-refractivity contribution in [2.75, 3.05) is 6.54 Å². The van der Waals surface area contributed by atoms with E-state index in [0.717, 1.165) is 16.8 Å². The summed E-state index contributed by atoms with van der Waals surface area (Å²) in [5.41, 5.74) is 2.76. The van der Waals surface area contributed by atoms with Gasteiger partial charge in [0.15, 0.2) is 11.6 Å². The van der Waals surface area contributed by atoms with Crippen molar-refractivity contribution in [2.45, 2.75) is 13.3 Å². The van der Waals surface area contributed by atoms with E-state index in [1.165, 1.54) is 0 Å². The number of nitrogens with one attached hydrogen (secondary N) is 1. The summed E-state index contributed by atoms with van der Waals surface area (Å²) < 4.78 is 7.09. The van der Waals surface area contributed by atoms with Gasteiger partial charge in [0.25, 0.3) is 5.91 Å². The first-order valence-corrected chi connectivity index (χ1v) is 10.1. The Morgan fingerprint density at radius 1 is 1.13 bits per heavy atom. The summed E-state index contributed by atoms with van der Waals surface area (Å²) >= 11 is 12.1. The van der Waals surface area contributed by atoms with Gasteiger partial charge >= 0.3 is 0 Å². The standard InChI is InChI=1S/C22H18Cl2N4O2/c1-14-4-2-5-17(12-14)28-21(19-6-3-11-30-19)26-20(27-28)22(29)25-10-9-15-7-8-16(23)13-18(15)24/h2-8,11-13H,9-10H2,1H3,(H,25,29). The van der Waals surface area contributed by atoms with Gasteiger partial charge in [-0.15, -0.1) is 5.10 Å². The second-order valence-electron chi connectivity index (χ2n) is 6.73. The van der Waals surface area contributed by atoms with Crippen LogP contribution < -0.4 is 5.32 Å². The smallest absolute Gasteiger partial charge is 0.291 e. The molecule has 2 heterocycles. The minimum atomic E-state index is -0.376. The second kappa shape index (κ2) is 8.73. The molecule has 0 bridgehead atoms. The lowest BCUT2D eigenvalue weighted by molar-refractivity contribution is 0.0944. The van der Waals surface area contributed by atoms with E-state index in [-0.39, 0.29) is 11.7 Å². The van der Waals surface area contributed by atoms with Crippen molar-refractivity contribution in [2.24, 2.45) is 0 Å². The highest BCUT2D eigenvalue weighted by atomic mass is 35.5. The van der Waals surface area contributed by atoms with Crippen LogP contribution in [-0.2, 0) is 6.42 Å². The number of aryl methyl sites for hydroxylation is 1. The number of benzene rings is 2. The molecule has 30 heavy (non-hydrogen) atoms. The van der Waals surface area contributed by atoms with Crippen LogP contribution in [0.4, 0.5) is 0 Å². The summed E-state index contributed by atoms with van der Waals surface area (Å²) in [4.78, 5) is 17.1. The molecule has 8 heteroatoms. The fraction of sp³-hybridized carbons (Fsp3) is 0.136. The van der Waals surface area contributed by atoms with Gasteiger partial charge in [-0.2, -0.15) is 4.98 Å². The minimum absolute atomic E-state index is 0.0603. The summed E-state index contributed by atoms with van der Waals surface area (Å²) in [5, 5.41) is 8.40. The van der Waals surface area contributed by atoms with Crippen molar-refractivity contribution in [1.82, 2.24) is 20.1 Å². The number of hydrogen-bond acceptors (Lipinski definition) is 4. The molecular weight excluding hydrogens is 423 g/mol. The van der Waals surface area contributed by atoms with E-state index < -0.39 is 0 Å². The SMILES string of the molecule is Cc1cccc(-n2nc(C(=O)NCCc3ccc(Cl)cc3Cl)nc2-c2ccco2)c1. The Hall–Kier alpha value is -3.09. The van der Waals surface area contributed by atoms with Crippen LogP contribution in [0.3, 0.4) is 0 Å². The molecule has 0 radical (unpaired) electrons. The molecule has 2 aromatic carbocycles. The van der Waals surface area contributed by atoms with Crippen molar-refractivity contribution in [3.8, 4) is 17.3 Å². The predicted molar refractivity (Wildman–Crippen MR) is 116 cm³/mol. The molecule has 4 rings (SSSR count). The maximum atomic E-state index is 12.7. The fourth-order valence-corrected chi connectivity index (χ4v) is 3.53. The third-order valence-corrected chi connectivity index (χ3v) is 5.08. The molecule has 0 saturated heterocycles. The molecule has 0 aliphatic rings. The van der Waals surface area contributed by atoms with E-state index in [1.54, 1.807) is 35.2 Å². The van der Waals surface area contributed by atoms with E-state index >= 15 is 0 Å². The first-order valence-electron chi connectivity index (χ1n) is 9.31. The van der Waals surface area contributed by atoms with Crippen LogP contribution in [0.2, 0.25) is 10.0 Å². The molecule has 6 nitrogen and oxygen atoms in total. The number of amides is 1. The van der Waals surface area contributed by atoms with Gasteiger partial charge in [-0.1, -0.05) is 41.4 Å². The molecule has 0 aliphatic carbocycles. The molecular formula is C22H18Cl2N4O2. The number of carbonyl (C=O) groups is 1. The number of halogens is 2. The van der Waals surface area contributed by atoms with E-state index in [4.69, 9.17) is 27.6 Å². The van der Waals surface area contributed by atoms with E-state index in [2.05, 4.69) is 15.4 Å². The number of rotatable bonds is 6. The maximum absolute atomic E-state index is 12.7. The quantitative estimate of drug-likeness (QED) is 0.451. The molecule has 0 atom stereocenters. The van der Waals surface area contributed by atoms with Gasteiger partial charge in [0.05, 0.1) is 12.0 Å². The average Bonchev–Trinajstić information content (AvgIpc) is 3.39. The molecule has 0 fully saturated rings. The predicted octanol–water partition coefficient (Wildman–Crippen LogP) is 5.12. The van der Waals surface area contributed by atoms with Crippen LogP contribution in [0.1, 0.15) is 21.7 Å². The Morgan fingerprint density at radius 3 is 2.73 bits per heavy atom. The lowest BCUT2D eigenvalue weighted by atomic mass is 10.1. The molecule has 0 unspecified atom stereocenters. The van der Waals surface area contributed by atoms with Crippen LogP contribution >= 0.6 is 23.2 Å². The molecule has 4 aromatic rings. The fourth-order valence-electron chi connectivity index (χ4n) is 3.03. The second-order valence-corrected chi connectivity index (χ2v) is 7.57. The van der Waals surface area contributed by atoms with Crippen LogP contribution in [0.5, 0.6) is 0 Å². The third kappa shape index (κ3) is 4.40. The minimum Gasteiger partial charge on any atom is -0.461 e. The Kier molecular flexibility index (Phi) is 5.88. The number of nitrogens with zero attached hydrogens (tertiary/aromatic N) is 3. The molecule has 0 saturated carbocycles. The summed E-state index contributed by atoms with van der Waals surface area (Å²) in [6.45, 7) is 2.37. The number of carbonyl (C=O) groups excluding carboxylic acids is 1. The zero-order chi connectivity index (χ0) is 21.1. The molecule has 0 aliphatic heterocycles. The van der Waals surface area contributed by atoms with E-state index in [1.807, 2.05) is 37.3 Å². The van der Waals surface area contributed by atoms with Crippen molar-refractivity contribution >= 4 is 29.1 Å². The Morgan fingerprint density at radius 2 is 2.00 bits per heavy atom. The van der Waals surface area contributed by atoms with Crippen molar-refractivity contribution in [3.05, 3.63) is 87.9 Å². The highest BCUT2D eigenvalue weighted by Crippen LogP contribution is 2.23. The molecule has 152 valence electrons. The van der Waals surface area contributed by atoms with Crippen LogP contribution in [0.15, 0.2) is 65.3 Å². The van der Waals surface area contributed by atoms with Gasteiger partial charge in [-0.3, -0.25) is 4.79 Å². The zero-order valence-corrected chi connectivity index (χ0v) is 17.6. The van der Waals surface area contributed by atoms with Crippen molar-refractivity contribution in [3.63, 3.8) is 0 Å². The van der Waals surface area contributed by atoms with Crippen LogP contribution in [-0.4, -0.2) is 27.2 Å². The van der Waals surface area contributed by atoms with Crippen molar-refractivity contribution in [1.29, 1.82) is 0 Å². The molecule has 1 amide bonds. The zero-order valence-electron chi connectivity index (χ0n) is 16.1. The van der Waals surface area contributed by atoms with Gasteiger partial charge in [-0.25, -0.2) is 4.68 Å². The Balaban J connectivity index is 1.55. The van der Waals surface area contributed by atoms with Crippen LogP contribution in [0, 0.1) is 6.92 Å². The number of hydrogen-bond donors (Lipinski definition) is 1. The normalized spacial score (nSPS) is 10.9. The molecule has 0 spiro atoms.